The number of hydrogen-bond acceptors (Lipinski definition) is 5. The van der Waals surface area contributed by atoms with Gasteiger partial charge in [0.25, 0.3) is 11.6 Å². The molecule has 20 heavy (non-hydrogen) atoms. The van der Waals surface area contributed by atoms with Gasteiger partial charge in [-0.25, -0.2) is 0 Å². The Morgan fingerprint density at radius 1 is 1.60 bits per heavy atom. The number of methoxy groups -OCH3 is 1. The standard InChI is InChI=1S/C12H15ClN2O5/c1-20-7-9(16)4-5-14-12(17)8-2-3-11(15(18)19)10(13)6-8/h2-3,6,9,16H,4-5,7H2,1H3,(H,14,17). The molecule has 1 aromatic carbocycles. The van der Waals surface area contributed by atoms with Gasteiger partial charge in [-0.1, -0.05) is 11.6 Å². The second-order valence-corrected chi connectivity index (χ2v) is 4.48. The molecule has 0 aliphatic carbocycles. The number of nitrogens with one attached hydrogen (secondary N) is 1. The van der Waals surface area contributed by atoms with Crippen molar-refractivity contribution in [2.75, 3.05) is 20.3 Å². The Bertz CT molecular complexity index is 495. The minimum atomic E-state index is -0.652. The molecule has 0 saturated carbocycles. The van der Waals surface area contributed by atoms with Crippen molar-refractivity contribution in [2.45, 2.75) is 12.5 Å². The number of halogens is 1. The van der Waals surface area contributed by atoms with Crippen molar-refractivity contribution >= 4 is 23.2 Å². The lowest BCUT2D eigenvalue weighted by Crippen LogP contribution is -2.28. The molecule has 1 unspecified atom stereocenters. The first-order valence-electron chi connectivity index (χ1n) is 5.85. The van der Waals surface area contributed by atoms with Crippen LogP contribution < -0.4 is 5.32 Å². The van der Waals surface area contributed by atoms with Crippen LogP contribution >= 0.6 is 11.6 Å². The highest BCUT2D eigenvalue weighted by molar-refractivity contribution is 6.33. The number of nitrogens with zero attached hydrogens (tertiary/aromatic N) is 1. The molecule has 8 heteroatoms. The van der Waals surface area contributed by atoms with E-state index in [-0.39, 0.29) is 29.4 Å². The lowest BCUT2D eigenvalue weighted by molar-refractivity contribution is -0.384. The van der Waals surface area contributed by atoms with Crippen LogP contribution in [-0.2, 0) is 4.74 Å². The summed E-state index contributed by atoms with van der Waals surface area (Å²) < 4.78 is 4.75. The van der Waals surface area contributed by atoms with Crippen molar-refractivity contribution in [3.8, 4) is 0 Å². The molecule has 1 atom stereocenters. The molecule has 0 aliphatic rings. The first-order valence-corrected chi connectivity index (χ1v) is 6.22. The lowest BCUT2D eigenvalue weighted by atomic mass is 10.2. The van der Waals surface area contributed by atoms with Crippen LogP contribution in [0.2, 0.25) is 5.02 Å². The molecule has 1 amide bonds. The molecule has 0 saturated heterocycles. The normalized spacial score (nSPS) is 11.9. The zero-order valence-electron chi connectivity index (χ0n) is 10.8. The average molecular weight is 303 g/mol. The van der Waals surface area contributed by atoms with Gasteiger partial charge in [-0.2, -0.15) is 0 Å². The fourth-order valence-corrected chi connectivity index (χ4v) is 1.78. The van der Waals surface area contributed by atoms with Crippen LogP contribution in [-0.4, -0.2) is 42.3 Å². The van der Waals surface area contributed by atoms with Gasteiger partial charge >= 0.3 is 0 Å². The fourth-order valence-electron chi connectivity index (χ4n) is 1.53. The van der Waals surface area contributed by atoms with Crippen LogP contribution in [0, 0.1) is 10.1 Å². The van der Waals surface area contributed by atoms with Gasteiger partial charge in [0, 0.05) is 25.3 Å². The summed E-state index contributed by atoms with van der Waals surface area (Å²) in [5, 5.41) is 22.5. The van der Waals surface area contributed by atoms with Gasteiger partial charge in [-0.05, 0) is 18.6 Å². The average Bonchev–Trinajstić information content (AvgIpc) is 2.38. The number of carbonyl (C=O) groups excluding carboxylic acids is 1. The van der Waals surface area contributed by atoms with E-state index in [0.29, 0.717) is 6.42 Å². The number of nitro groups is 1. The van der Waals surface area contributed by atoms with E-state index in [1.165, 1.54) is 25.3 Å². The molecule has 0 aliphatic heterocycles. The third kappa shape index (κ3) is 4.76. The third-order valence-corrected chi connectivity index (χ3v) is 2.83. The summed E-state index contributed by atoms with van der Waals surface area (Å²) in [4.78, 5) is 21.7. The predicted octanol–water partition coefficient (Wildman–Crippen LogP) is 1.38. The molecular formula is C12H15ClN2O5. The van der Waals surface area contributed by atoms with Gasteiger partial charge in [-0.15, -0.1) is 0 Å². The van der Waals surface area contributed by atoms with Crippen molar-refractivity contribution in [1.82, 2.24) is 5.32 Å². The molecule has 7 nitrogen and oxygen atoms in total. The molecule has 0 aromatic heterocycles. The van der Waals surface area contributed by atoms with E-state index < -0.39 is 16.9 Å². The van der Waals surface area contributed by atoms with Crippen molar-refractivity contribution in [2.24, 2.45) is 0 Å². The Morgan fingerprint density at radius 2 is 2.30 bits per heavy atom. The van der Waals surface area contributed by atoms with Gasteiger partial charge in [0.1, 0.15) is 5.02 Å². The van der Waals surface area contributed by atoms with E-state index >= 15 is 0 Å². The number of rotatable bonds is 7. The number of ether oxygens (including phenoxy) is 1. The number of amides is 1. The van der Waals surface area contributed by atoms with Gasteiger partial charge in [0.15, 0.2) is 0 Å². The monoisotopic (exact) mass is 302 g/mol. The maximum atomic E-state index is 11.8. The smallest absolute Gasteiger partial charge is 0.287 e. The number of benzene rings is 1. The van der Waals surface area contributed by atoms with Crippen LogP contribution in [0.15, 0.2) is 18.2 Å². The van der Waals surface area contributed by atoms with Crippen molar-refractivity contribution in [3.05, 3.63) is 38.9 Å². The van der Waals surface area contributed by atoms with E-state index in [4.69, 9.17) is 16.3 Å². The highest BCUT2D eigenvalue weighted by atomic mass is 35.5. The summed E-state index contributed by atoms with van der Waals surface area (Å²) in [6.07, 6.45) is -0.305. The highest BCUT2D eigenvalue weighted by Crippen LogP contribution is 2.24. The Hall–Kier alpha value is -1.70. The van der Waals surface area contributed by atoms with Crippen molar-refractivity contribution < 1.29 is 19.6 Å². The number of nitro benzene ring substituents is 1. The number of aliphatic hydroxyl groups excluding tert-OH is 1. The Morgan fingerprint density at radius 3 is 2.85 bits per heavy atom. The molecule has 1 rings (SSSR count). The van der Waals surface area contributed by atoms with Gasteiger partial charge in [0.05, 0.1) is 17.6 Å². The molecule has 0 bridgehead atoms. The molecule has 0 fully saturated rings. The summed E-state index contributed by atoms with van der Waals surface area (Å²) in [5.74, 6) is -0.411. The van der Waals surface area contributed by atoms with Crippen LogP contribution in [0.25, 0.3) is 0 Å². The van der Waals surface area contributed by atoms with E-state index in [9.17, 15) is 20.0 Å². The molecule has 1 aromatic rings. The van der Waals surface area contributed by atoms with E-state index in [1.807, 2.05) is 0 Å². The number of carbonyl (C=O) groups is 1. The highest BCUT2D eigenvalue weighted by Gasteiger charge is 2.15. The molecule has 0 spiro atoms. The van der Waals surface area contributed by atoms with Crippen LogP contribution in [0.1, 0.15) is 16.8 Å². The third-order valence-electron chi connectivity index (χ3n) is 2.53. The van der Waals surface area contributed by atoms with E-state index in [2.05, 4.69) is 5.32 Å². The first kappa shape index (κ1) is 16.4. The topological polar surface area (TPSA) is 102 Å². The molecule has 0 heterocycles. The first-order chi connectivity index (χ1) is 9.45. The summed E-state index contributed by atoms with van der Waals surface area (Å²) in [7, 11) is 1.47. The Kier molecular flexibility index (Phi) is 6.37. The molecule has 2 N–H and O–H groups in total. The number of aliphatic hydroxyl groups is 1. The van der Waals surface area contributed by atoms with Gasteiger partial charge in [0.2, 0.25) is 0 Å². The SMILES string of the molecule is COCC(O)CCNC(=O)c1ccc([N+](=O)[O-])c(Cl)c1. The summed E-state index contributed by atoms with van der Waals surface area (Å²) >= 11 is 5.72. The fraction of sp³-hybridized carbons (Fsp3) is 0.417. The van der Waals surface area contributed by atoms with Crippen LogP contribution in [0.3, 0.4) is 0 Å². The van der Waals surface area contributed by atoms with Gasteiger partial charge < -0.3 is 15.2 Å². The molecule has 110 valence electrons. The van der Waals surface area contributed by atoms with E-state index in [0.717, 1.165) is 0 Å². The van der Waals surface area contributed by atoms with Crippen molar-refractivity contribution in [3.63, 3.8) is 0 Å². The second-order valence-electron chi connectivity index (χ2n) is 4.08. The Balaban J connectivity index is 2.56. The largest absolute Gasteiger partial charge is 0.391 e. The van der Waals surface area contributed by atoms with Crippen LogP contribution in [0.5, 0.6) is 0 Å². The predicted molar refractivity (Wildman–Crippen MR) is 72.9 cm³/mol. The minimum absolute atomic E-state index is 0.0953. The molecular weight excluding hydrogens is 288 g/mol. The Labute approximate surface area is 120 Å². The number of hydrogen-bond donors (Lipinski definition) is 2. The lowest BCUT2D eigenvalue weighted by Gasteiger charge is -2.10. The van der Waals surface area contributed by atoms with Crippen molar-refractivity contribution in [1.29, 1.82) is 0 Å². The zero-order chi connectivity index (χ0) is 15.1. The summed E-state index contributed by atoms with van der Waals surface area (Å²) in [5.41, 5.74) is -0.0273. The van der Waals surface area contributed by atoms with Gasteiger partial charge in [-0.3, -0.25) is 14.9 Å². The maximum absolute atomic E-state index is 11.8. The summed E-state index contributed by atoms with van der Waals surface area (Å²) in [6, 6.07) is 3.74. The quantitative estimate of drug-likeness (QED) is 0.585. The maximum Gasteiger partial charge on any atom is 0.287 e. The minimum Gasteiger partial charge on any atom is -0.391 e. The zero-order valence-corrected chi connectivity index (χ0v) is 11.6. The molecule has 0 radical (unpaired) electrons. The van der Waals surface area contributed by atoms with Crippen LogP contribution in [0.4, 0.5) is 5.69 Å². The summed E-state index contributed by atoms with van der Waals surface area (Å²) in [6.45, 7) is 0.456. The second kappa shape index (κ2) is 7.78. The van der Waals surface area contributed by atoms with E-state index in [1.54, 1.807) is 0 Å².